The molecule has 0 spiro atoms. The van der Waals surface area contributed by atoms with Gasteiger partial charge in [0.15, 0.2) is 0 Å². The van der Waals surface area contributed by atoms with Crippen molar-refractivity contribution >= 4 is 35.2 Å². The van der Waals surface area contributed by atoms with Crippen LogP contribution in [0.25, 0.3) is 11.0 Å². The van der Waals surface area contributed by atoms with Crippen LogP contribution < -0.4 is 10.2 Å². The molecule has 2 saturated heterocycles. The van der Waals surface area contributed by atoms with E-state index in [-0.39, 0.29) is 23.7 Å². The van der Waals surface area contributed by atoms with E-state index in [2.05, 4.69) is 75.1 Å². The van der Waals surface area contributed by atoms with Crippen LogP contribution >= 0.6 is 12.4 Å². The van der Waals surface area contributed by atoms with Gasteiger partial charge in [-0.15, -0.1) is 12.4 Å². The maximum absolute atomic E-state index is 14.0. The molecule has 1 aromatic carbocycles. The van der Waals surface area contributed by atoms with Crippen molar-refractivity contribution in [3.05, 3.63) is 54.0 Å². The molecule has 1 amide bonds. The summed E-state index contributed by atoms with van der Waals surface area (Å²) in [5.74, 6) is 1.23. The van der Waals surface area contributed by atoms with Gasteiger partial charge in [0.1, 0.15) is 17.8 Å². The predicted octanol–water partition coefficient (Wildman–Crippen LogP) is 3.65. The van der Waals surface area contributed by atoms with E-state index in [0.29, 0.717) is 13.1 Å². The van der Waals surface area contributed by atoms with Crippen LogP contribution in [0.5, 0.6) is 0 Å². The third kappa shape index (κ3) is 4.39. The zero-order valence-corrected chi connectivity index (χ0v) is 21.1. The molecule has 2 aliphatic rings. The maximum Gasteiger partial charge on any atom is 0.233 e. The summed E-state index contributed by atoms with van der Waals surface area (Å²) >= 11 is 0. The number of fused-ring (bicyclic) bond motifs is 1. The van der Waals surface area contributed by atoms with E-state index in [0.717, 1.165) is 61.4 Å². The summed E-state index contributed by atoms with van der Waals surface area (Å²) in [6.45, 7) is 11.4. The SMILES string of the molecule is CC(C)(C)c1ccc(C2(C(=O)N3CCN(c4ncnc5[nH]ccc45)CC3)CCNCC2)cc1.Cl. The van der Waals surface area contributed by atoms with Crippen LogP contribution in [0.2, 0.25) is 0 Å². The number of nitrogens with zero attached hydrogens (tertiary/aromatic N) is 4. The zero-order chi connectivity index (χ0) is 23.1. The van der Waals surface area contributed by atoms with Crippen LogP contribution in [0.3, 0.4) is 0 Å². The van der Waals surface area contributed by atoms with Crippen LogP contribution in [-0.4, -0.2) is 65.0 Å². The van der Waals surface area contributed by atoms with E-state index >= 15 is 0 Å². The molecule has 2 fully saturated rings. The molecule has 2 aromatic heterocycles. The Morgan fingerprint density at radius 1 is 0.971 bits per heavy atom. The number of aromatic nitrogens is 3. The number of anilines is 1. The van der Waals surface area contributed by atoms with Crippen molar-refractivity contribution < 1.29 is 4.79 Å². The number of carbonyl (C=O) groups is 1. The molecule has 5 rings (SSSR count). The van der Waals surface area contributed by atoms with Crippen molar-refractivity contribution in [3.63, 3.8) is 0 Å². The third-order valence-electron chi connectivity index (χ3n) is 7.37. The van der Waals surface area contributed by atoms with Gasteiger partial charge in [-0.25, -0.2) is 9.97 Å². The minimum absolute atomic E-state index is 0. The van der Waals surface area contributed by atoms with Crippen molar-refractivity contribution in [3.8, 4) is 0 Å². The van der Waals surface area contributed by atoms with Gasteiger partial charge in [0.25, 0.3) is 0 Å². The summed E-state index contributed by atoms with van der Waals surface area (Å²) in [4.78, 5) is 30.4. The van der Waals surface area contributed by atoms with Crippen LogP contribution in [0.15, 0.2) is 42.9 Å². The molecule has 0 saturated carbocycles. The second-order valence-electron chi connectivity index (χ2n) is 10.4. The average molecular weight is 483 g/mol. The summed E-state index contributed by atoms with van der Waals surface area (Å²) in [5.41, 5.74) is 2.98. The van der Waals surface area contributed by atoms with Gasteiger partial charge in [-0.3, -0.25) is 4.79 Å². The second-order valence-corrected chi connectivity index (χ2v) is 10.4. The Labute approximate surface area is 207 Å². The Morgan fingerprint density at radius 3 is 2.29 bits per heavy atom. The van der Waals surface area contributed by atoms with E-state index in [1.54, 1.807) is 6.33 Å². The number of benzene rings is 1. The Kier molecular flexibility index (Phi) is 6.87. The number of piperidine rings is 1. The molecular formula is C26H35ClN6O. The first-order chi connectivity index (χ1) is 15.9. The summed E-state index contributed by atoms with van der Waals surface area (Å²) < 4.78 is 0. The number of hydrogen-bond acceptors (Lipinski definition) is 5. The lowest BCUT2D eigenvalue weighted by Crippen LogP contribution is -2.57. The van der Waals surface area contributed by atoms with Crippen LogP contribution in [0.1, 0.15) is 44.7 Å². The normalized spacial score (nSPS) is 18.6. The van der Waals surface area contributed by atoms with Gasteiger partial charge in [0.2, 0.25) is 5.91 Å². The zero-order valence-electron chi connectivity index (χ0n) is 20.3. The minimum Gasteiger partial charge on any atom is -0.352 e. The molecule has 34 heavy (non-hydrogen) atoms. The highest BCUT2D eigenvalue weighted by molar-refractivity contribution is 5.90. The number of aromatic amines is 1. The molecular weight excluding hydrogens is 448 g/mol. The van der Waals surface area contributed by atoms with E-state index in [9.17, 15) is 4.79 Å². The number of piperazine rings is 1. The molecule has 182 valence electrons. The van der Waals surface area contributed by atoms with Gasteiger partial charge in [-0.1, -0.05) is 45.0 Å². The summed E-state index contributed by atoms with van der Waals surface area (Å²) in [6, 6.07) is 10.8. The quantitative estimate of drug-likeness (QED) is 0.596. The smallest absolute Gasteiger partial charge is 0.233 e. The first kappa shape index (κ1) is 24.5. The van der Waals surface area contributed by atoms with Gasteiger partial charge < -0.3 is 20.1 Å². The number of carbonyl (C=O) groups excluding carboxylic acids is 1. The Morgan fingerprint density at radius 2 is 1.65 bits per heavy atom. The lowest BCUT2D eigenvalue weighted by molar-refractivity contribution is -0.139. The number of halogens is 1. The number of rotatable bonds is 3. The summed E-state index contributed by atoms with van der Waals surface area (Å²) in [6.07, 6.45) is 5.19. The van der Waals surface area contributed by atoms with Crippen LogP contribution in [-0.2, 0) is 15.6 Å². The van der Waals surface area contributed by atoms with Gasteiger partial charge in [-0.2, -0.15) is 0 Å². The molecule has 7 nitrogen and oxygen atoms in total. The number of amides is 1. The van der Waals surface area contributed by atoms with E-state index in [1.807, 2.05) is 12.3 Å². The van der Waals surface area contributed by atoms with E-state index < -0.39 is 5.41 Å². The lowest BCUT2D eigenvalue weighted by Gasteiger charge is -2.43. The molecule has 4 heterocycles. The standard InChI is InChI=1S/C26H34N6O.ClH/c1-25(2,3)19-4-6-20(7-5-19)26(9-12-27-13-10-26)24(33)32-16-14-31(15-17-32)23-21-8-11-28-22(21)29-18-30-23;/h4-8,11,18,27H,9-10,12-17H2,1-3H3,(H,28,29,30);1H. The van der Waals surface area contributed by atoms with Crippen LogP contribution in [0, 0.1) is 0 Å². The number of nitrogens with one attached hydrogen (secondary N) is 2. The van der Waals surface area contributed by atoms with Crippen LogP contribution in [0.4, 0.5) is 5.82 Å². The predicted molar refractivity (Wildman–Crippen MR) is 139 cm³/mol. The van der Waals surface area contributed by atoms with Crippen molar-refractivity contribution in [2.45, 2.75) is 44.4 Å². The monoisotopic (exact) mass is 482 g/mol. The first-order valence-electron chi connectivity index (χ1n) is 12.0. The third-order valence-corrected chi connectivity index (χ3v) is 7.37. The van der Waals surface area contributed by atoms with Gasteiger partial charge in [0.05, 0.1) is 10.8 Å². The Balaban J connectivity index is 0.00000274. The molecule has 0 bridgehead atoms. The highest BCUT2D eigenvalue weighted by atomic mass is 35.5. The Hall–Kier alpha value is -2.64. The van der Waals surface area contributed by atoms with Crippen molar-refractivity contribution in [2.75, 3.05) is 44.2 Å². The maximum atomic E-state index is 14.0. The molecule has 0 atom stereocenters. The van der Waals surface area contributed by atoms with Gasteiger partial charge >= 0.3 is 0 Å². The topological polar surface area (TPSA) is 77.2 Å². The van der Waals surface area contributed by atoms with E-state index in [4.69, 9.17) is 0 Å². The minimum atomic E-state index is -0.438. The fraction of sp³-hybridized carbons (Fsp3) is 0.500. The first-order valence-corrected chi connectivity index (χ1v) is 12.0. The molecule has 2 aliphatic heterocycles. The Bertz CT molecular complexity index is 1120. The lowest BCUT2D eigenvalue weighted by atomic mass is 9.71. The van der Waals surface area contributed by atoms with Gasteiger partial charge in [-0.05, 0) is 48.5 Å². The fourth-order valence-corrected chi connectivity index (χ4v) is 5.30. The highest BCUT2D eigenvalue weighted by Gasteiger charge is 2.44. The molecule has 0 aliphatic carbocycles. The van der Waals surface area contributed by atoms with E-state index in [1.165, 1.54) is 5.56 Å². The fourth-order valence-electron chi connectivity index (χ4n) is 5.30. The van der Waals surface area contributed by atoms with Crippen molar-refractivity contribution in [2.24, 2.45) is 0 Å². The van der Waals surface area contributed by atoms with Crippen molar-refractivity contribution in [1.29, 1.82) is 0 Å². The molecule has 0 radical (unpaired) electrons. The number of hydrogen-bond donors (Lipinski definition) is 2. The number of H-pyrrole nitrogens is 1. The summed E-state index contributed by atoms with van der Waals surface area (Å²) in [7, 11) is 0. The summed E-state index contributed by atoms with van der Waals surface area (Å²) in [5, 5.41) is 4.48. The molecule has 2 N–H and O–H groups in total. The molecule has 3 aromatic rings. The molecule has 8 heteroatoms. The second kappa shape index (κ2) is 9.55. The highest BCUT2D eigenvalue weighted by Crippen LogP contribution is 2.37. The average Bonchev–Trinajstić information content (AvgIpc) is 3.33. The molecule has 0 unspecified atom stereocenters. The van der Waals surface area contributed by atoms with Crippen molar-refractivity contribution in [1.82, 2.24) is 25.2 Å². The largest absolute Gasteiger partial charge is 0.352 e. The van der Waals surface area contributed by atoms with Gasteiger partial charge in [0, 0.05) is 32.4 Å².